The number of rotatable bonds is 11. The van der Waals surface area contributed by atoms with Crippen LogP contribution in [0.1, 0.15) is 30.2 Å². The summed E-state index contributed by atoms with van der Waals surface area (Å²) in [6.45, 7) is 0.130. The lowest BCUT2D eigenvalue weighted by Crippen LogP contribution is -2.30. The summed E-state index contributed by atoms with van der Waals surface area (Å²) >= 11 is 0. The predicted octanol–water partition coefficient (Wildman–Crippen LogP) is 3.73. The Morgan fingerprint density at radius 2 is 1.72 bits per heavy atom. The zero-order valence-corrected chi connectivity index (χ0v) is 22.3. The highest BCUT2D eigenvalue weighted by Crippen LogP contribution is 2.38. The number of hydrogen-bond donors (Lipinski definition) is 0. The van der Waals surface area contributed by atoms with Gasteiger partial charge in [0, 0.05) is 37.5 Å². The summed E-state index contributed by atoms with van der Waals surface area (Å²) in [5, 5.41) is 7.22. The first kappa shape index (κ1) is 28.0. The zero-order valence-electron chi connectivity index (χ0n) is 21.5. The van der Waals surface area contributed by atoms with Gasteiger partial charge in [0.15, 0.2) is 33.1 Å². The minimum absolute atomic E-state index is 0.00663. The van der Waals surface area contributed by atoms with Gasteiger partial charge in [0.2, 0.25) is 0 Å². The molecule has 0 spiro atoms. The Morgan fingerprint density at radius 3 is 2.33 bits per heavy atom. The van der Waals surface area contributed by atoms with E-state index in [0.29, 0.717) is 5.56 Å². The number of methoxy groups -OCH3 is 2. The molecule has 3 heterocycles. The number of para-hydroxylation sites is 1. The second-order valence-electron chi connectivity index (χ2n) is 8.49. The standard InChI is InChI=1S/C25H26F2N6O5S/c1-15-11-29-23(30-12-15)22(37-4)16(2)39(34,35)14-20-31-32-24(17-7-6-10-28-13-17)33(20)21-18(36-3)8-5-9-19(21)38-25(26)27/h5-13,16,22,25H,14H2,1-4H3/t16-,22-/m0/s1. The molecule has 0 bridgehead atoms. The number of alkyl halides is 2. The summed E-state index contributed by atoms with van der Waals surface area (Å²) in [5.74, 6) is -0.469. The second-order valence-corrected chi connectivity index (χ2v) is 10.8. The molecule has 4 rings (SSSR count). The van der Waals surface area contributed by atoms with Gasteiger partial charge in [-0.15, -0.1) is 10.2 Å². The summed E-state index contributed by atoms with van der Waals surface area (Å²) in [4.78, 5) is 12.5. The summed E-state index contributed by atoms with van der Waals surface area (Å²) in [5.41, 5.74) is 1.27. The molecule has 0 saturated heterocycles. The summed E-state index contributed by atoms with van der Waals surface area (Å²) in [6, 6.07) is 7.63. The Balaban J connectivity index is 1.85. The number of aryl methyl sites for hydroxylation is 1. The number of ether oxygens (including phenoxy) is 3. The predicted molar refractivity (Wildman–Crippen MR) is 136 cm³/mol. The zero-order chi connectivity index (χ0) is 28.2. The first-order valence-electron chi connectivity index (χ1n) is 11.7. The van der Waals surface area contributed by atoms with E-state index in [9.17, 15) is 17.2 Å². The number of benzene rings is 1. The van der Waals surface area contributed by atoms with Crippen LogP contribution < -0.4 is 9.47 Å². The molecule has 206 valence electrons. The molecule has 4 aromatic rings. The number of sulfone groups is 1. The van der Waals surface area contributed by atoms with E-state index in [1.54, 1.807) is 30.7 Å². The first-order chi connectivity index (χ1) is 18.7. The first-order valence-corrected chi connectivity index (χ1v) is 13.4. The van der Waals surface area contributed by atoms with Crippen LogP contribution in [0.5, 0.6) is 11.5 Å². The number of nitrogens with zero attached hydrogens (tertiary/aromatic N) is 6. The maximum atomic E-state index is 13.7. The Hall–Kier alpha value is -4.04. The molecule has 0 N–H and O–H groups in total. The maximum Gasteiger partial charge on any atom is 0.387 e. The van der Waals surface area contributed by atoms with Crippen molar-refractivity contribution in [3.63, 3.8) is 0 Å². The fraction of sp³-hybridized carbons (Fsp3) is 0.320. The summed E-state index contributed by atoms with van der Waals surface area (Å²) in [7, 11) is -1.30. The number of hydrogen-bond acceptors (Lipinski definition) is 10. The SMILES string of the molecule is COc1cccc(OC(F)F)c1-n1c(CS(=O)(=O)[C@@H](C)[C@H](OC)c2ncc(C)cn2)nnc1-c1cccnc1. The van der Waals surface area contributed by atoms with Crippen molar-refractivity contribution in [1.82, 2.24) is 29.7 Å². The van der Waals surface area contributed by atoms with Crippen molar-refractivity contribution < 1.29 is 31.4 Å². The molecule has 2 atom stereocenters. The Morgan fingerprint density at radius 1 is 1.00 bits per heavy atom. The molecule has 0 saturated carbocycles. The average Bonchev–Trinajstić information content (AvgIpc) is 3.32. The Bertz CT molecular complexity index is 1520. The third-order valence-electron chi connectivity index (χ3n) is 5.90. The third kappa shape index (κ3) is 6.01. The van der Waals surface area contributed by atoms with Gasteiger partial charge >= 0.3 is 6.61 Å². The summed E-state index contributed by atoms with van der Waals surface area (Å²) in [6.07, 6.45) is 5.19. The van der Waals surface area contributed by atoms with E-state index in [2.05, 4.69) is 25.1 Å². The van der Waals surface area contributed by atoms with Crippen molar-refractivity contribution in [3.8, 4) is 28.6 Å². The van der Waals surface area contributed by atoms with Gasteiger partial charge in [-0.3, -0.25) is 9.55 Å². The van der Waals surface area contributed by atoms with Gasteiger partial charge in [-0.25, -0.2) is 18.4 Å². The molecule has 14 heteroatoms. The molecule has 3 aromatic heterocycles. The van der Waals surface area contributed by atoms with Crippen LogP contribution >= 0.6 is 0 Å². The molecule has 0 aliphatic rings. The van der Waals surface area contributed by atoms with Gasteiger partial charge in [-0.1, -0.05) is 6.07 Å². The average molecular weight is 561 g/mol. The molecule has 0 amide bonds. The van der Waals surface area contributed by atoms with Crippen molar-refractivity contribution >= 4 is 9.84 Å². The number of aromatic nitrogens is 6. The van der Waals surface area contributed by atoms with Gasteiger partial charge in [0.25, 0.3) is 0 Å². The van der Waals surface area contributed by atoms with Crippen molar-refractivity contribution in [3.05, 3.63) is 72.3 Å². The molecular formula is C25H26F2N6O5S. The lowest BCUT2D eigenvalue weighted by Gasteiger charge is -2.22. The van der Waals surface area contributed by atoms with E-state index in [1.807, 2.05) is 6.92 Å². The molecule has 0 aliphatic carbocycles. The van der Waals surface area contributed by atoms with Crippen LogP contribution in [-0.2, 0) is 20.3 Å². The fourth-order valence-corrected chi connectivity index (χ4v) is 5.38. The van der Waals surface area contributed by atoms with E-state index in [-0.39, 0.29) is 34.7 Å². The highest BCUT2D eigenvalue weighted by molar-refractivity contribution is 7.91. The van der Waals surface area contributed by atoms with Gasteiger partial charge in [-0.2, -0.15) is 8.78 Å². The van der Waals surface area contributed by atoms with Gasteiger partial charge in [0.05, 0.1) is 12.4 Å². The van der Waals surface area contributed by atoms with Crippen LogP contribution in [0.25, 0.3) is 17.1 Å². The van der Waals surface area contributed by atoms with Crippen LogP contribution in [0.15, 0.2) is 55.1 Å². The normalized spacial score (nSPS) is 13.3. The highest BCUT2D eigenvalue weighted by atomic mass is 32.2. The van der Waals surface area contributed by atoms with Crippen molar-refractivity contribution in [1.29, 1.82) is 0 Å². The van der Waals surface area contributed by atoms with Crippen LogP contribution in [-0.4, -0.2) is 64.2 Å². The topological polar surface area (TPSA) is 131 Å². The van der Waals surface area contributed by atoms with E-state index < -0.39 is 33.6 Å². The largest absolute Gasteiger partial charge is 0.494 e. The molecule has 11 nitrogen and oxygen atoms in total. The van der Waals surface area contributed by atoms with Crippen LogP contribution in [0.3, 0.4) is 0 Å². The van der Waals surface area contributed by atoms with Gasteiger partial charge < -0.3 is 14.2 Å². The molecule has 0 unspecified atom stereocenters. The van der Waals surface area contributed by atoms with E-state index in [0.717, 1.165) is 5.56 Å². The monoisotopic (exact) mass is 560 g/mol. The molecule has 0 aliphatic heterocycles. The Labute approximate surface area is 223 Å². The van der Waals surface area contributed by atoms with E-state index in [1.165, 1.54) is 50.1 Å². The lowest BCUT2D eigenvalue weighted by molar-refractivity contribution is -0.0499. The van der Waals surface area contributed by atoms with Gasteiger partial charge in [-0.05, 0) is 43.7 Å². The van der Waals surface area contributed by atoms with Crippen molar-refractivity contribution in [2.45, 2.75) is 37.6 Å². The molecule has 39 heavy (non-hydrogen) atoms. The minimum Gasteiger partial charge on any atom is -0.494 e. The number of pyridine rings is 1. The van der Waals surface area contributed by atoms with Crippen LogP contribution in [0.2, 0.25) is 0 Å². The van der Waals surface area contributed by atoms with Crippen molar-refractivity contribution in [2.24, 2.45) is 0 Å². The maximum absolute atomic E-state index is 13.7. The molecule has 1 aromatic carbocycles. The van der Waals surface area contributed by atoms with E-state index in [4.69, 9.17) is 14.2 Å². The quantitative estimate of drug-likeness (QED) is 0.267. The smallest absolute Gasteiger partial charge is 0.387 e. The second kappa shape index (κ2) is 11.8. The number of halogens is 2. The minimum atomic E-state index is -4.01. The highest BCUT2D eigenvalue weighted by Gasteiger charge is 2.35. The Kier molecular flexibility index (Phi) is 8.45. The third-order valence-corrected chi connectivity index (χ3v) is 7.94. The van der Waals surface area contributed by atoms with Crippen LogP contribution in [0.4, 0.5) is 8.78 Å². The molecular weight excluding hydrogens is 534 g/mol. The van der Waals surface area contributed by atoms with Gasteiger partial charge in [0.1, 0.15) is 23.3 Å². The molecule has 0 radical (unpaired) electrons. The lowest BCUT2D eigenvalue weighted by atomic mass is 10.2. The van der Waals surface area contributed by atoms with Crippen LogP contribution in [0, 0.1) is 6.92 Å². The van der Waals surface area contributed by atoms with E-state index >= 15 is 0 Å². The molecule has 0 fully saturated rings. The summed E-state index contributed by atoms with van der Waals surface area (Å²) < 4.78 is 71.1. The fourth-order valence-electron chi connectivity index (χ4n) is 3.96. The van der Waals surface area contributed by atoms with Crippen molar-refractivity contribution in [2.75, 3.05) is 14.2 Å².